The molecule has 0 saturated carbocycles. The topological polar surface area (TPSA) is 34.2 Å². The highest BCUT2D eigenvalue weighted by Gasteiger charge is 2.13. The summed E-state index contributed by atoms with van der Waals surface area (Å²) in [6.45, 7) is 4.28. The van der Waals surface area contributed by atoms with E-state index in [1.54, 1.807) is 7.11 Å². The first-order valence-corrected chi connectivity index (χ1v) is 6.72. The maximum absolute atomic E-state index is 5.42. The fourth-order valence-electron chi connectivity index (χ4n) is 1.96. The number of nitrogens with zero attached hydrogens (tertiary/aromatic N) is 1. The molecule has 3 nitrogen and oxygen atoms in total. The molecule has 0 bridgehead atoms. The molecule has 0 amide bonds. The standard InChI is InChI=1S/C14H17BrN2O/c1-8(2)10-7-11(16-3)13-12(18-4)6-5-9(15)14(13)17-10/h5-8H,1-4H3,(H,16,17). The second kappa shape index (κ2) is 5.14. The summed E-state index contributed by atoms with van der Waals surface area (Å²) in [4.78, 5) is 4.72. The van der Waals surface area contributed by atoms with Gasteiger partial charge in [0.1, 0.15) is 5.75 Å². The van der Waals surface area contributed by atoms with Crippen LogP contribution in [0.5, 0.6) is 5.75 Å². The average Bonchev–Trinajstić information content (AvgIpc) is 2.38. The molecule has 0 atom stereocenters. The molecule has 0 saturated heterocycles. The first-order valence-electron chi connectivity index (χ1n) is 5.93. The summed E-state index contributed by atoms with van der Waals surface area (Å²) in [5.74, 6) is 1.22. The number of benzene rings is 1. The van der Waals surface area contributed by atoms with Crippen molar-refractivity contribution in [3.63, 3.8) is 0 Å². The molecule has 1 N–H and O–H groups in total. The van der Waals surface area contributed by atoms with Crippen LogP contribution in [0.3, 0.4) is 0 Å². The number of fused-ring (bicyclic) bond motifs is 1. The molecule has 96 valence electrons. The van der Waals surface area contributed by atoms with Crippen molar-refractivity contribution < 1.29 is 4.74 Å². The van der Waals surface area contributed by atoms with Gasteiger partial charge in [-0.1, -0.05) is 13.8 Å². The number of methoxy groups -OCH3 is 1. The van der Waals surface area contributed by atoms with Gasteiger partial charge in [-0.15, -0.1) is 0 Å². The molecule has 2 rings (SSSR count). The van der Waals surface area contributed by atoms with E-state index in [1.165, 1.54) is 0 Å². The quantitative estimate of drug-likeness (QED) is 0.924. The molecule has 1 aromatic heterocycles. The minimum atomic E-state index is 0.389. The number of rotatable bonds is 3. The number of aromatic nitrogens is 1. The van der Waals surface area contributed by atoms with E-state index in [0.717, 1.165) is 32.5 Å². The Kier molecular flexibility index (Phi) is 3.76. The lowest BCUT2D eigenvalue weighted by atomic mass is 10.1. The van der Waals surface area contributed by atoms with Crippen LogP contribution in [0, 0.1) is 0 Å². The zero-order valence-electron chi connectivity index (χ0n) is 11.0. The van der Waals surface area contributed by atoms with E-state index >= 15 is 0 Å². The summed E-state index contributed by atoms with van der Waals surface area (Å²) < 4.78 is 6.41. The van der Waals surface area contributed by atoms with E-state index in [2.05, 4.69) is 41.2 Å². The van der Waals surface area contributed by atoms with Gasteiger partial charge in [-0.2, -0.15) is 0 Å². The fourth-order valence-corrected chi connectivity index (χ4v) is 2.38. The van der Waals surface area contributed by atoms with Gasteiger partial charge in [0.15, 0.2) is 0 Å². The number of anilines is 1. The van der Waals surface area contributed by atoms with E-state index in [0.29, 0.717) is 5.92 Å². The average molecular weight is 309 g/mol. The van der Waals surface area contributed by atoms with Crippen LogP contribution in [0.4, 0.5) is 5.69 Å². The monoisotopic (exact) mass is 308 g/mol. The number of halogens is 1. The first kappa shape index (κ1) is 13.1. The Hall–Kier alpha value is -1.29. The summed E-state index contributed by atoms with van der Waals surface area (Å²) in [6.07, 6.45) is 0. The van der Waals surface area contributed by atoms with Gasteiger partial charge in [0.2, 0.25) is 0 Å². The highest BCUT2D eigenvalue weighted by Crippen LogP contribution is 2.37. The number of pyridine rings is 1. The van der Waals surface area contributed by atoms with Crippen LogP contribution >= 0.6 is 15.9 Å². The molecule has 4 heteroatoms. The summed E-state index contributed by atoms with van der Waals surface area (Å²) in [7, 11) is 3.59. The molecule has 2 aromatic rings. The van der Waals surface area contributed by atoms with E-state index in [-0.39, 0.29) is 0 Å². The summed E-state index contributed by atoms with van der Waals surface area (Å²) in [5, 5.41) is 4.24. The molecule has 0 spiro atoms. The molecule has 0 aliphatic carbocycles. The third-order valence-electron chi connectivity index (χ3n) is 2.97. The molecule has 0 aliphatic rings. The Morgan fingerprint density at radius 3 is 2.61 bits per heavy atom. The zero-order chi connectivity index (χ0) is 13.3. The summed E-state index contributed by atoms with van der Waals surface area (Å²) in [6, 6.07) is 6.00. The number of hydrogen-bond donors (Lipinski definition) is 1. The van der Waals surface area contributed by atoms with E-state index < -0.39 is 0 Å². The van der Waals surface area contributed by atoms with Crippen molar-refractivity contribution in [3.05, 3.63) is 28.4 Å². The van der Waals surface area contributed by atoms with Gasteiger partial charge in [-0.3, -0.25) is 4.98 Å². The third-order valence-corrected chi connectivity index (χ3v) is 3.61. The number of ether oxygens (including phenoxy) is 1. The van der Waals surface area contributed by atoms with E-state index in [1.807, 2.05) is 19.2 Å². The molecule has 1 aromatic carbocycles. The van der Waals surface area contributed by atoms with Gasteiger partial charge < -0.3 is 10.1 Å². The Balaban J connectivity index is 2.86. The van der Waals surface area contributed by atoms with Crippen molar-refractivity contribution >= 4 is 32.5 Å². The molecule has 0 radical (unpaired) electrons. The van der Waals surface area contributed by atoms with Crippen LogP contribution in [0.1, 0.15) is 25.5 Å². The maximum Gasteiger partial charge on any atom is 0.130 e. The Bertz CT molecular complexity index is 582. The molecule has 0 fully saturated rings. The molecule has 0 unspecified atom stereocenters. The van der Waals surface area contributed by atoms with Gasteiger partial charge >= 0.3 is 0 Å². The largest absolute Gasteiger partial charge is 0.496 e. The van der Waals surface area contributed by atoms with Crippen LogP contribution in [0.15, 0.2) is 22.7 Å². The summed E-state index contributed by atoms with van der Waals surface area (Å²) >= 11 is 3.56. The van der Waals surface area contributed by atoms with Crippen LogP contribution < -0.4 is 10.1 Å². The molecule has 1 heterocycles. The highest BCUT2D eigenvalue weighted by molar-refractivity contribution is 9.10. The zero-order valence-corrected chi connectivity index (χ0v) is 12.6. The second-order valence-corrected chi connectivity index (χ2v) is 5.33. The van der Waals surface area contributed by atoms with Gasteiger partial charge in [-0.05, 0) is 40.0 Å². The van der Waals surface area contributed by atoms with Crippen molar-refractivity contribution in [2.24, 2.45) is 0 Å². The third kappa shape index (κ3) is 2.17. The van der Waals surface area contributed by atoms with E-state index in [9.17, 15) is 0 Å². The van der Waals surface area contributed by atoms with Gasteiger partial charge in [0.25, 0.3) is 0 Å². The molecule has 18 heavy (non-hydrogen) atoms. The molecule has 0 aliphatic heterocycles. The fraction of sp³-hybridized carbons (Fsp3) is 0.357. The van der Waals surface area contributed by atoms with Crippen molar-refractivity contribution in [1.82, 2.24) is 4.98 Å². The normalized spacial score (nSPS) is 11.0. The molecular formula is C14H17BrN2O. The Morgan fingerprint density at radius 1 is 1.33 bits per heavy atom. The van der Waals surface area contributed by atoms with Crippen molar-refractivity contribution in [1.29, 1.82) is 0 Å². The predicted octanol–water partition coefficient (Wildman–Crippen LogP) is 4.17. The van der Waals surface area contributed by atoms with Gasteiger partial charge in [-0.25, -0.2) is 0 Å². The predicted molar refractivity (Wildman–Crippen MR) is 79.6 cm³/mol. The van der Waals surface area contributed by atoms with Crippen LogP contribution in [-0.4, -0.2) is 19.1 Å². The van der Waals surface area contributed by atoms with Crippen LogP contribution in [-0.2, 0) is 0 Å². The smallest absolute Gasteiger partial charge is 0.130 e. The minimum Gasteiger partial charge on any atom is -0.496 e. The van der Waals surface area contributed by atoms with Crippen LogP contribution in [0.2, 0.25) is 0 Å². The van der Waals surface area contributed by atoms with Gasteiger partial charge in [0.05, 0.1) is 18.0 Å². The van der Waals surface area contributed by atoms with Crippen molar-refractivity contribution in [2.45, 2.75) is 19.8 Å². The Morgan fingerprint density at radius 2 is 2.06 bits per heavy atom. The van der Waals surface area contributed by atoms with Gasteiger partial charge in [0, 0.05) is 22.9 Å². The lowest BCUT2D eigenvalue weighted by Crippen LogP contribution is -2.00. The maximum atomic E-state index is 5.42. The number of nitrogens with one attached hydrogen (secondary N) is 1. The molecular weight excluding hydrogens is 292 g/mol. The van der Waals surface area contributed by atoms with Crippen LogP contribution in [0.25, 0.3) is 10.9 Å². The minimum absolute atomic E-state index is 0.389. The first-order chi connectivity index (χ1) is 8.58. The lowest BCUT2D eigenvalue weighted by molar-refractivity contribution is 0.420. The highest BCUT2D eigenvalue weighted by atomic mass is 79.9. The van der Waals surface area contributed by atoms with E-state index in [4.69, 9.17) is 9.72 Å². The lowest BCUT2D eigenvalue weighted by Gasteiger charge is -2.14. The summed E-state index contributed by atoms with van der Waals surface area (Å²) in [5.41, 5.74) is 3.05. The number of hydrogen-bond acceptors (Lipinski definition) is 3. The second-order valence-electron chi connectivity index (χ2n) is 4.47. The SMILES string of the molecule is CNc1cc(C(C)C)nc2c(Br)ccc(OC)c12. The van der Waals surface area contributed by atoms with Crippen molar-refractivity contribution in [3.8, 4) is 5.75 Å². The van der Waals surface area contributed by atoms with Crippen molar-refractivity contribution in [2.75, 3.05) is 19.5 Å². The Labute approximate surface area is 116 Å².